The zero-order chi connectivity index (χ0) is 13.0. The van der Waals surface area contributed by atoms with Crippen molar-refractivity contribution < 1.29 is 9.18 Å². The highest BCUT2D eigenvalue weighted by Crippen LogP contribution is 2.28. The molecule has 0 aliphatic heterocycles. The van der Waals surface area contributed by atoms with E-state index >= 15 is 0 Å². The Balaban J connectivity index is 1.99. The topological polar surface area (TPSA) is 64.9 Å². The molecule has 0 spiro atoms. The molecule has 0 unspecified atom stereocenters. The second kappa shape index (κ2) is 5.05. The van der Waals surface area contributed by atoms with E-state index in [2.05, 4.69) is 16.7 Å². The first-order valence-electron chi connectivity index (χ1n) is 5.90. The molecule has 0 aromatic heterocycles. The zero-order valence-corrected chi connectivity index (χ0v) is 9.87. The normalized spacial score (nSPS) is 16.9. The first-order valence-corrected chi connectivity index (χ1v) is 5.90. The Bertz CT molecular complexity index is 489. The third-order valence-electron chi connectivity index (χ3n) is 3.11. The second-order valence-corrected chi connectivity index (χ2v) is 4.49. The van der Waals surface area contributed by atoms with Crippen LogP contribution in [0.15, 0.2) is 24.3 Å². The molecule has 4 nitrogen and oxygen atoms in total. The molecule has 1 aromatic carbocycles. The van der Waals surface area contributed by atoms with Crippen LogP contribution in [0.25, 0.3) is 0 Å². The monoisotopic (exact) mass is 247 g/mol. The molecule has 94 valence electrons. The van der Waals surface area contributed by atoms with Crippen LogP contribution in [0.1, 0.15) is 25.7 Å². The number of hydrogen-bond acceptors (Lipinski definition) is 2. The number of carbonyl (C=O) groups is 1. The van der Waals surface area contributed by atoms with Gasteiger partial charge in [-0.3, -0.25) is 0 Å². The predicted molar refractivity (Wildman–Crippen MR) is 65.4 cm³/mol. The molecule has 0 atom stereocenters. The fourth-order valence-electron chi connectivity index (χ4n) is 2.19. The minimum Gasteiger partial charge on any atom is -0.319 e. The van der Waals surface area contributed by atoms with Crippen LogP contribution in [-0.4, -0.2) is 11.6 Å². The first-order chi connectivity index (χ1) is 8.63. The molecular weight excluding hydrogens is 233 g/mol. The molecule has 1 saturated carbocycles. The van der Waals surface area contributed by atoms with E-state index in [1.807, 2.05) is 0 Å². The molecular formula is C13H14FN3O. The van der Waals surface area contributed by atoms with Gasteiger partial charge in [0.15, 0.2) is 0 Å². The van der Waals surface area contributed by atoms with Crippen LogP contribution in [0.4, 0.5) is 14.9 Å². The van der Waals surface area contributed by atoms with Crippen LogP contribution in [0.2, 0.25) is 0 Å². The maximum atomic E-state index is 12.9. The van der Waals surface area contributed by atoms with Gasteiger partial charge in [-0.15, -0.1) is 0 Å². The summed E-state index contributed by atoms with van der Waals surface area (Å²) in [4.78, 5) is 11.7. The minimum atomic E-state index is -0.766. The highest BCUT2D eigenvalue weighted by molar-refractivity contribution is 5.90. The molecule has 1 aromatic rings. The van der Waals surface area contributed by atoms with Crippen LogP contribution in [-0.2, 0) is 0 Å². The van der Waals surface area contributed by atoms with E-state index in [9.17, 15) is 9.18 Å². The number of hydrogen-bond donors (Lipinski definition) is 2. The summed E-state index contributed by atoms with van der Waals surface area (Å²) in [6, 6.07) is 7.33. The molecule has 18 heavy (non-hydrogen) atoms. The summed E-state index contributed by atoms with van der Waals surface area (Å²) in [6.45, 7) is 0. The molecule has 1 aliphatic rings. The van der Waals surface area contributed by atoms with Crippen molar-refractivity contribution in [1.82, 2.24) is 5.32 Å². The van der Waals surface area contributed by atoms with Crippen molar-refractivity contribution in [2.24, 2.45) is 0 Å². The second-order valence-electron chi connectivity index (χ2n) is 4.49. The lowest BCUT2D eigenvalue weighted by Gasteiger charge is -2.22. The van der Waals surface area contributed by atoms with Crippen molar-refractivity contribution in [3.63, 3.8) is 0 Å². The lowest BCUT2D eigenvalue weighted by molar-refractivity contribution is 0.244. The van der Waals surface area contributed by atoms with Gasteiger partial charge in [-0.25, -0.2) is 9.18 Å². The van der Waals surface area contributed by atoms with Gasteiger partial charge in [0.25, 0.3) is 0 Å². The average Bonchev–Trinajstić information content (AvgIpc) is 2.78. The number of nitriles is 1. The number of urea groups is 1. The van der Waals surface area contributed by atoms with Gasteiger partial charge in [-0.05, 0) is 43.9 Å². The minimum absolute atomic E-state index is 0.374. The molecule has 2 rings (SSSR count). The van der Waals surface area contributed by atoms with Gasteiger partial charge in [0.05, 0.1) is 6.07 Å². The van der Waals surface area contributed by atoms with Crippen molar-refractivity contribution in [2.75, 3.05) is 5.32 Å². The van der Waals surface area contributed by atoms with Gasteiger partial charge in [0, 0.05) is 5.69 Å². The number of nitrogens with zero attached hydrogens (tertiary/aromatic N) is 1. The van der Waals surface area contributed by atoms with E-state index in [0.29, 0.717) is 18.5 Å². The summed E-state index contributed by atoms with van der Waals surface area (Å²) in [5.74, 6) is -0.413. The van der Waals surface area contributed by atoms with Crippen molar-refractivity contribution in [3.8, 4) is 6.07 Å². The molecule has 2 amide bonds. The van der Waals surface area contributed by atoms with Gasteiger partial charge in [-0.1, -0.05) is 6.07 Å². The summed E-state index contributed by atoms with van der Waals surface area (Å²) < 4.78 is 12.9. The van der Waals surface area contributed by atoms with Crippen molar-refractivity contribution in [2.45, 2.75) is 31.2 Å². The summed E-state index contributed by atoms with van der Waals surface area (Å²) in [6.07, 6.45) is 3.21. The van der Waals surface area contributed by atoms with Crippen molar-refractivity contribution in [1.29, 1.82) is 5.26 Å². The molecule has 0 radical (unpaired) electrons. The summed E-state index contributed by atoms with van der Waals surface area (Å²) in [5, 5.41) is 14.3. The smallest absolute Gasteiger partial charge is 0.319 e. The van der Waals surface area contributed by atoms with Crippen molar-refractivity contribution in [3.05, 3.63) is 30.1 Å². The van der Waals surface area contributed by atoms with E-state index < -0.39 is 17.4 Å². The van der Waals surface area contributed by atoms with Gasteiger partial charge in [0.2, 0.25) is 0 Å². The number of benzene rings is 1. The molecule has 1 fully saturated rings. The van der Waals surface area contributed by atoms with Crippen LogP contribution in [0.5, 0.6) is 0 Å². The fraction of sp³-hybridized carbons (Fsp3) is 0.385. The van der Waals surface area contributed by atoms with Crippen molar-refractivity contribution >= 4 is 11.7 Å². The SMILES string of the molecule is N#CC1(NC(=O)Nc2cccc(F)c2)CCCC1. The summed E-state index contributed by atoms with van der Waals surface area (Å²) in [5.41, 5.74) is -0.393. The Morgan fingerprint density at radius 2 is 2.11 bits per heavy atom. The number of carbonyl (C=O) groups excluding carboxylic acids is 1. The van der Waals surface area contributed by atoms with Gasteiger partial charge in [-0.2, -0.15) is 5.26 Å². The highest BCUT2D eigenvalue weighted by Gasteiger charge is 2.35. The number of amides is 2. The van der Waals surface area contributed by atoms with Crippen LogP contribution < -0.4 is 10.6 Å². The molecule has 0 bridgehead atoms. The largest absolute Gasteiger partial charge is 0.320 e. The maximum absolute atomic E-state index is 12.9. The molecule has 0 heterocycles. The lowest BCUT2D eigenvalue weighted by Crippen LogP contribution is -2.47. The number of anilines is 1. The summed E-state index contributed by atoms with van der Waals surface area (Å²) in [7, 11) is 0. The quantitative estimate of drug-likeness (QED) is 0.844. The third kappa shape index (κ3) is 2.77. The van der Waals surface area contributed by atoms with Crippen LogP contribution >= 0.6 is 0 Å². The van der Waals surface area contributed by atoms with Gasteiger partial charge < -0.3 is 10.6 Å². The van der Waals surface area contributed by atoms with E-state index in [4.69, 9.17) is 5.26 Å². The van der Waals surface area contributed by atoms with Gasteiger partial charge in [0.1, 0.15) is 11.4 Å². The molecule has 5 heteroatoms. The van der Waals surface area contributed by atoms with E-state index in [1.165, 1.54) is 18.2 Å². The Kier molecular flexibility index (Phi) is 3.47. The van der Waals surface area contributed by atoms with E-state index in [1.54, 1.807) is 6.07 Å². The number of halogens is 1. The first kappa shape index (κ1) is 12.4. The molecule has 1 aliphatic carbocycles. The van der Waals surface area contributed by atoms with Crippen LogP contribution in [0, 0.1) is 17.1 Å². The number of rotatable bonds is 2. The fourth-order valence-corrected chi connectivity index (χ4v) is 2.19. The molecule has 0 saturated heterocycles. The Morgan fingerprint density at radius 3 is 2.72 bits per heavy atom. The van der Waals surface area contributed by atoms with Crippen LogP contribution in [0.3, 0.4) is 0 Å². The number of nitrogens with one attached hydrogen (secondary N) is 2. The molecule has 2 N–H and O–H groups in total. The highest BCUT2D eigenvalue weighted by atomic mass is 19.1. The maximum Gasteiger partial charge on any atom is 0.320 e. The lowest BCUT2D eigenvalue weighted by atomic mass is 10.0. The average molecular weight is 247 g/mol. The van der Waals surface area contributed by atoms with E-state index in [-0.39, 0.29) is 0 Å². The predicted octanol–water partition coefficient (Wildman–Crippen LogP) is 2.78. The Labute approximate surface area is 105 Å². The van der Waals surface area contributed by atoms with E-state index in [0.717, 1.165) is 12.8 Å². The Hall–Kier alpha value is -2.09. The zero-order valence-electron chi connectivity index (χ0n) is 9.87. The third-order valence-corrected chi connectivity index (χ3v) is 3.11. The van der Waals surface area contributed by atoms with Gasteiger partial charge >= 0.3 is 6.03 Å². The standard InChI is InChI=1S/C13H14FN3O/c14-10-4-3-5-11(8-10)16-12(18)17-13(9-15)6-1-2-7-13/h3-5,8H,1-2,6-7H2,(H2,16,17,18). The Morgan fingerprint density at radius 1 is 1.39 bits per heavy atom. The summed E-state index contributed by atoms with van der Waals surface area (Å²) >= 11 is 0.